The van der Waals surface area contributed by atoms with Crippen molar-refractivity contribution >= 4 is 0 Å². The van der Waals surface area contributed by atoms with E-state index in [1.54, 1.807) is 12.1 Å². The van der Waals surface area contributed by atoms with Gasteiger partial charge in [-0.3, -0.25) is 0 Å². The average Bonchev–Trinajstić information content (AvgIpc) is 2.69. The van der Waals surface area contributed by atoms with Gasteiger partial charge in [-0.05, 0) is 60.4 Å². The molecule has 3 rings (SSSR count). The topological polar surface area (TPSA) is 9.23 Å². The quantitative estimate of drug-likeness (QED) is 0.730. The van der Waals surface area contributed by atoms with Gasteiger partial charge in [-0.15, -0.1) is 0 Å². The summed E-state index contributed by atoms with van der Waals surface area (Å²) in [5.74, 6) is 0.462. The van der Waals surface area contributed by atoms with Crippen LogP contribution in [-0.2, 0) is 12.8 Å². The molecule has 0 spiro atoms. The summed E-state index contributed by atoms with van der Waals surface area (Å²) in [4.78, 5) is 0. The Labute approximate surface area is 119 Å². The monoisotopic (exact) mass is 270 g/mol. The second-order valence-electron chi connectivity index (χ2n) is 5.46. The molecule has 1 atom stereocenters. The van der Waals surface area contributed by atoms with E-state index in [2.05, 4.69) is 24.3 Å². The Kier molecular flexibility index (Phi) is 3.72. The van der Waals surface area contributed by atoms with Crippen LogP contribution in [0.5, 0.6) is 5.75 Å². The summed E-state index contributed by atoms with van der Waals surface area (Å²) < 4.78 is 18.9. The van der Waals surface area contributed by atoms with Crippen molar-refractivity contribution in [2.75, 3.05) is 7.11 Å². The van der Waals surface area contributed by atoms with Crippen molar-refractivity contribution in [3.63, 3.8) is 0 Å². The first-order chi connectivity index (χ1) is 9.78. The second-order valence-corrected chi connectivity index (χ2v) is 5.46. The Balaban J connectivity index is 1.89. The lowest BCUT2D eigenvalue weighted by Gasteiger charge is -2.16. The van der Waals surface area contributed by atoms with Gasteiger partial charge in [0.25, 0.3) is 0 Å². The minimum Gasteiger partial charge on any atom is -0.494 e. The van der Waals surface area contributed by atoms with Crippen molar-refractivity contribution in [1.82, 2.24) is 0 Å². The summed E-state index contributed by atoms with van der Waals surface area (Å²) in [5.41, 5.74) is 3.94. The molecule has 1 nitrogen and oxygen atoms in total. The fourth-order valence-electron chi connectivity index (χ4n) is 3.13. The van der Waals surface area contributed by atoms with E-state index in [0.717, 1.165) is 31.2 Å². The average molecular weight is 270 g/mol. The predicted octanol–water partition coefficient (Wildman–Crippen LogP) is 4.50. The summed E-state index contributed by atoms with van der Waals surface area (Å²) in [5, 5.41) is 0. The summed E-state index contributed by atoms with van der Waals surface area (Å²) in [6.07, 6.45) is 4.41. The molecule has 0 N–H and O–H groups in total. The third kappa shape index (κ3) is 2.55. The molecule has 20 heavy (non-hydrogen) atoms. The number of rotatable bonds is 2. The maximum Gasteiger partial charge on any atom is 0.165 e. The number of methoxy groups -OCH3 is 1. The molecule has 0 fully saturated rings. The minimum atomic E-state index is -0.262. The molecule has 1 unspecified atom stereocenters. The van der Waals surface area contributed by atoms with Crippen LogP contribution in [-0.4, -0.2) is 7.11 Å². The van der Waals surface area contributed by atoms with Crippen LogP contribution in [0.15, 0.2) is 42.5 Å². The standard InChI is InChI=1S/C18H19FO/c1-20-18-10-9-16(12-17(18)19)15-8-4-7-13-5-2-3-6-14(13)11-15/h2-3,5-6,9-10,12,15H,4,7-8,11H2,1H3. The second kappa shape index (κ2) is 5.66. The zero-order valence-electron chi connectivity index (χ0n) is 11.7. The molecular formula is C18H19FO. The number of halogens is 1. The van der Waals surface area contributed by atoms with Crippen LogP contribution < -0.4 is 4.74 Å². The van der Waals surface area contributed by atoms with Gasteiger partial charge in [0.1, 0.15) is 0 Å². The fraction of sp³-hybridized carbons (Fsp3) is 0.333. The molecular weight excluding hydrogens is 251 g/mol. The van der Waals surface area contributed by atoms with E-state index < -0.39 is 0 Å². The van der Waals surface area contributed by atoms with Crippen LogP contribution in [0.1, 0.15) is 35.4 Å². The molecule has 0 heterocycles. The van der Waals surface area contributed by atoms with E-state index in [1.165, 1.54) is 18.2 Å². The Hall–Kier alpha value is -1.83. The van der Waals surface area contributed by atoms with E-state index in [0.29, 0.717) is 11.7 Å². The third-order valence-corrected chi connectivity index (χ3v) is 4.23. The van der Waals surface area contributed by atoms with E-state index in [-0.39, 0.29) is 5.82 Å². The highest BCUT2D eigenvalue weighted by Crippen LogP contribution is 2.33. The predicted molar refractivity (Wildman–Crippen MR) is 78.8 cm³/mol. The molecule has 0 saturated heterocycles. The molecule has 0 radical (unpaired) electrons. The van der Waals surface area contributed by atoms with Crippen molar-refractivity contribution in [1.29, 1.82) is 0 Å². The SMILES string of the molecule is COc1ccc(C2CCCc3ccccc3C2)cc1F. The number of aryl methyl sites for hydroxylation is 1. The molecule has 2 aromatic carbocycles. The number of hydrogen-bond donors (Lipinski definition) is 0. The van der Waals surface area contributed by atoms with E-state index in [4.69, 9.17) is 4.74 Å². The summed E-state index contributed by atoms with van der Waals surface area (Å²) >= 11 is 0. The van der Waals surface area contributed by atoms with E-state index >= 15 is 0 Å². The van der Waals surface area contributed by atoms with Gasteiger partial charge in [-0.2, -0.15) is 0 Å². The van der Waals surface area contributed by atoms with Crippen LogP contribution >= 0.6 is 0 Å². The molecule has 2 aromatic rings. The van der Waals surface area contributed by atoms with Gasteiger partial charge < -0.3 is 4.74 Å². The maximum atomic E-state index is 13.9. The molecule has 2 heteroatoms. The van der Waals surface area contributed by atoms with Crippen LogP contribution in [0, 0.1) is 5.82 Å². The molecule has 0 saturated carbocycles. The zero-order chi connectivity index (χ0) is 13.9. The lowest BCUT2D eigenvalue weighted by Crippen LogP contribution is -2.03. The normalized spacial score (nSPS) is 18.2. The lowest BCUT2D eigenvalue weighted by atomic mass is 9.90. The molecule has 1 aliphatic carbocycles. The van der Waals surface area contributed by atoms with E-state index in [9.17, 15) is 4.39 Å². The highest BCUT2D eigenvalue weighted by molar-refractivity contribution is 5.35. The Morgan fingerprint density at radius 3 is 2.65 bits per heavy atom. The van der Waals surface area contributed by atoms with Crippen molar-refractivity contribution in [3.8, 4) is 5.75 Å². The molecule has 0 amide bonds. The first kappa shape index (κ1) is 13.2. The van der Waals surface area contributed by atoms with Gasteiger partial charge in [-0.1, -0.05) is 30.3 Å². The molecule has 0 bridgehead atoms. The van der Waals surface area contributed by atoms with Crippen molar-refractivity contribution in [2.24, 2.45) is 0 Å². The Morgan fingerprint density at radius 1 is 1.10 bits per heavy atom. The number of hydrogen-bond acceptors (Lipinski definition) is 1. The summed E-state index contributed by atoms with van der Waals surface area (Å²) in [7, 11) is 1.50. The third-order valence-electron chi connectivity index (χ3n) is 4.23. The summed E-state index contributed by atoms with van der Waals surface area (Å²) in [6, 6.07) is 14.0. The molecule has 1 aliphatic rings. The highest BCUT2D eigenvalue weighted by atomic mass is 19.1. The minimum absolute atomic E-state index is 0.262. The lowest BCUT2D eigenvalue weighted by molar-refractivity contribution is 0.385. The fourth-order valence-corrected chi connectivity index (χ4v) is 3.13. The summed E-state index contributed by atoms with van der Waals surface area (Å²) in [6.45, 7) is 0. The maximum absolute atomic E-state index is 13.9. The zero-order valence-corrected chi connectivity index (χ0v) is 11.7. The largest absolute Gasteiger partial charge is 0.494 e. The number of benzene rings is 2. The first-order valence-corrected chi connectivity index (χ1v) is 7.18. The van der Waals surface area contributed by atoms with Gasteiger partial charge in [0.2, 0.25) is 0 Å². The van der Waals surface area contributed by atoms with Crippen LogP contribution in [0.2, 0.25) is 0 Å². The van der Waals surface area contributed by atoms with Crippen molar-refractivity contribution in [3.05, 3.63) is 65.0 Å². The Bertz CT molecular complexity index is 606. The van der Waals surface area contributed by atoms with E-state index in [1.807, 2.05) is 6.07 Å². The van der Waals surface area contributed by atoms with Gasteiger partial charge in [0.05, 0.1) is 7.11 Å². The van der Waals surface area contributed by atoms with Gasteiger partial charge >= 0.3 is 0 Å². The van der Waals surface area contributed by atoms with Crippen molar-refractivity contribution in [2.45, 2.75) is 31.6 Å². The highest BCUT2D eigenvalue weighted by Gasteiger charge is 2.19. The van der Waals surface area contributed by atoms with Crippen LogP contribution in [0.3, 0.4) is 0 Å². The Morgan fingerprint density at radius 2 is 1.90 bits per heavy atom. The molecule has 0 aliphatic heterocycles. The molecule has 0 aromatic heterocycles. The van der Waals surface area contributed by atoms with Crippen LogP contribution in [0.4, 0.5) is 4.39 Å². The smallest absolute Gasteiger partial charge is 0.165 e. The van der Waals surface area contributed by atoms with Crippen LogP contribution in [0.25, 0.3) is 0 Å². The number of fused-ring (bicyclic) bond motifs is 1. The molecule has 104 valence electrons. The van der Waals surface area contributed by atoms with Gasteiger partial charge in [0.15, 0.2) is 11.6 Å². The van der Waals surface area contributed by atoms with Gasteiger partial charge in [0, 0.05) is 0 Å². The number of ether oxygens (including phenoxy) is 1. The van der Waals surface area contributed by atoms with Gasteiger partial charge in [-0.25, -0.2) is 4.39 Å². The van der Waals surface area contributed by atoms with Crippen molar-refractivity contribution < 1.29 is 9.13 Å². The first-order valence-electron chi connectivity index (χ1n) is 7.18.